The minimum Gasteiger partial charge on any atom is -0.459 e. The van der Waals surface area contributed by atoms with Gasteiger partial charge in [0.25, 0.3) is 5.91 Å². The zero-order chi connectivity index (χ0) is 20.1. The molecule has 1 fully saturated rings. The maximum atomic E-state index is 12.6. The lowest BCUT2D eigenvalue weighted by Gasteiger charge is -2.34. The lowest BCUT2D eigenvalue weighted by Crippen LogP contribution is -2.48. The second kappa shape index (κ2) is 9.02. The number of carbonyl (C=O) groups excluding carboxylic acids is 2. The Kier molecular flexibility index (Phi) is 6.02. The van der Waals surface area contributed by atoms with Gasteiger partial charge in [-0.3, -0.25) is 19.8 Å². The standard InChI is InChI=1S/C21H22N4O3S/c26-19(25-10-8-24(9-11-25)14-16-5-2-1-3-6-16)13-17-15-29-21(22-17)23-20(27)18-7-4-12-28-18/h1-7,12,15H,8-11,13-14H2,(H,22,23,27). The quantitative estimate of drug-likeness (QED) is 0.676. The first-order valence-corrected chi connectivity index (χ1v) is 10.4. The van der Waals surface area contributed by atoms with Crippen LogP contribution in [-0.4, -0.2) is 52.8 Å². The summed E-state index contributed by atoms with van der Waals surface area (Å²) >= 11 is 1.30. The topological polar surface area (TPSA) is 78.7 Å². The summed E-state index contributed by atoms with van der Waals surface area (Å²) in [5, 5.41) is 4.96. The molecule has 0 atom stereocenters. The molecule has 3 aromatic rings. The van der Waals surface area contributed by atoms with E-state index in [-0.39, 0.29) is 24.0 Å². The molecule has 0 radical (unpaired) electrons. The van der Waals surface area contributed by atoms with Crippen LogP contribution in [0.3, 0.4) is 0 Å². The third kappa shape index (κ3) is 5.10. The van der Waals surface area contributed by atoms with Gasteiger partial charge in [-0.05, 0) is 17.7 Å². The van der Waals surface area contributed by atoms with E-state index in [1.165, 1.54) is 23.2 Å². The van der Waals surface area contributed by atoms with Crippen LogP contribution in [0.1, 0.15) is 21.8 Å². The lowest BCUT2D eigenvalue weighted by atomic mass is 10.2. The van der Waals surface area contributed by atoms with Crippen LogP contribution in [0.5, 0.6) is 0 Å². The number of nitrogens with zero attached hydrogens (tertiary/aromatic N) is 3. The zero-order valence-electron chi connectivity index (χ0n) is 15.9. The van der Waals surface area contributed by atoms with Crippen molar-refractivity contribution < 1.29 is 14.0 Å². The van der Waals surface area contributed by atoms with Gasteiger partial charge in [-0.25, -0.2) is 4.98 Å². The van der Waals surface area contributed by atoms with E-state index in [1.807, 2.05) is 23.1 Å². The number of carbonyl (C=O) groups is 2. The van der Waals surface area contributed by atoms with E-state index in [0.29, 0.717) is 10.8 Å². The van der Waals surface area contributed by atoms with E-state index < -0.39 is 0 Å². The molecule has 2 amide bonds. The van der Waals surface area contributed by atoms with Crippen molar-refractivity contribution in [1.29, 1.82) is 0 Å². The maximum absolute atomic E-state index is 12.6. The summed E-state index contributed by atoms with van der Waals surface area (Å²) in [7, 11) is 0. The van der Waals surface area contributed by atoms with Gasteiger partial charge in [0, 0.05) is 38.1 Å². The molecule has 29 heavy (non-hydrogen) atoms. The van der Waals surface area contributed by atoms with Crippen LogP contribution in [-0.2, 0) is 17.8 Å². The largest absolute Gasteiger partial charge is 0.459 e. The molecule has 1 N–H and O–H groups in total. The van der Waals surface area contributed by atoms with Crippen LogP contribution in [0.2, 0.25) is 0 Å². The average Bonchev–Trinajstić information content (AvgIpc) is 3.42. The highest BCUT2D eigenvalue weighted by Crippen LogP contribution is 2.18. The summed E-state index contributed by atoms with van der Waals surface area (Å²) in [6.45, 7) is 4.08. The summed E-state index contributed by atoms with van der Waals surface area (Å²) < 4.78 is 5.06. The molecule has 0 bridgehead atoms. The minimum absolute atomic E-state index is 0.0681. The molecule has 4 rings (SSSR count). The molecule has 0 spiro atoms. The number of nitrogens with one attached hydrogen (secondary N) is 1. The number of hydrogen-bond donors (Lipinski definition) is 1. The van der Waals surface area contributed by atoms with Gasteiger partial charge in [-0.2, -0.15) is 0 Å². The van der Waals surface area contributed by atoms with Crippen LogP contribution in [0, 0.1) is 0 Å². The van der Waals surface area contributed by atoms with Crippen molar-refractivity contribution in [2.24, 2.45) is 0 Å². The van der Waals surface area contributed by atoms with Crippen LogP contribution in [0.15, 0.2) is 58.5 Å². The Bertz CT molecular complexity index is 947. The van der Waals surface area contributed by atoms with Crippen molar-refractivity contribution in [3.05, 3.63) is 71.1 Å². The van der Waals surface area contributed by atoms with Crippen molar-refractivity contribution >= 4 is 28.3 Å². The number of thiazole rings is 1. The van der Waals surface area contributed by atoms with Gasteiger partial charge in [0.05, 0.1) is 18.4 Å². The van der Waals surface area contributed by atoms with Crippen LogP contribution in [0.4, 0.5) is 5.13 Å². The number of furan rings is 1. The first kappa shape index (κ1) is 19.4. The molecular weight excluding hydrogens is 388 g/mol. The number of amides is 2. The smallest absolute Gasteiger partial charge is 0.293 e. The van der Waals surface area contributed by atoms with E-state index >= 15 is 0 Å². The second-order valence-electron chi connectivity index (χ2n) is 6.89. The van der Waals surface area contributed by atoms with E-state index in [0.717, 1.165) is 32.7 Å². The van der Waals surface area contributed by atoms with Crippen LogP contribution >= 0.6 is 11.3 Å². The maximum Gasteiger partial charge on any atom is 0.293 e. The van der Waals surface area contributed by atoms with Crippen molar-refractivity contribution in [3.63, 3.8) is 0 Å². The van der Waals surface area contributed by atoms with Crippen molar-refractivity contribution in [1.82, 2.24) is 14.8 Å². The number of benzene rings is 1. The summed E-state index contributed by atoms with van der Waals surface area (Å²) in [4.78, 5) is 33.2. The highest BCUT2D eigenvalue weighted by Gasteiger charge is 2.22. The Hall–Kier alpha value is -2.97. The number of hydrogen-bond acceptors (Lipinski definition) is 6. The van der Waals surface area contributed by atoms with Gasteiger partial charge in [0.15, 0.2) is 10.9 Å². The number of anilines is 1. The normalized spacial score (nSPS) is 14.7. The molecule has 8 heteroatoms. The highest BCUT2D eigenvalue weighted by atomic mass is 32.1. The molecule has 3 heterocycles. The SMILES string of the molecule is O=C(Nc1nc(CC(=O)N2CCN(Cc3ccccc3)CC2)cs1)c1ccco1. The fourth-order valence-electron chi connectivity index (χ4n) is 3.28. The fourth-order valence-corrected chi connectivity index (χ4v) is 3.98. The van der Waals surface area contributed by atoms with E-state index in [2.05, 4.69) is 27.3 Å². The Morgan fingerprint density at radius 1 is 1.07 bits per heavy atom. The predicted molar refractivity (Wildman–Crippen MR) is 111 cm³/mol. The molecule has 1 aromatic carbocycles. The van der Waals surface area contributed by atoms with Crippen LogP contribution < -0.4 is 5.32 Å². The highest BCUT2D eigenvalue weighted by molar-refractivity contribution is 7.14. The molecule has 1 aliphatic heterocycles. The fraction of sp³-hybridized carbons (Fsp3) is 0.286. The van der Waals surface area contributed by atoms with Gasteiger partial charge in [0.1, 0.15) is 0 Å². The van der Waals surface area contributed by atoms with Crippen LogP contribution in [0.25, 0.3) is 0 Å². The molecule has 7 nitrogen and oxygen atoms in total. The first-order valence-electron chi connectivity index (χ1n) is 9.51. The Morgan fingerprint density at radius 2 is 1.86 bits per heavy atom. The number of piperazine rings is 1. The van der Waals surface area contributed by atoms with E-state index in [9.17, 15) is 9.59 Å². The molecule has 1 aliphatic rings. The van der Waals surface area contributed by atoms with Gasteiger partial charge in [0.2, 0.25) is 5.91 Å². The van der Waals surface area contributed by atoms with Gasteiger partial charge in [-0.15, -0.1) is 11.3 Å². The van der Waals surface area contributed by atoms with Gasteiger partial charge >= 0.3 is 0 Å². The van der Waals surface area contributed by atoms with Crippen molar-refractivity contribution in [3.8, 4) is 0 Å². The molecular formula is C21H22N4O3S. The predicted octanol–water partition coefficient (Wildman–Crippen LogP) is 2.88. The summed E-state index contributed by atoms with van der Waals surface area (Å²) in [6, 6.07) is 13.6. The van der Waals surface area contributed by atoms with Gasteiger partial charge in [-0.1, -0.05) is 30.3 Å². The second-order valence-corrected chi connectivity index (χ2v) is 7.75. The minimum atomic E-state index is -0.350. The summed E-state index contributed by atoms with van der Waals surface area (Å²) in [5.74, 6) is -0.0541. The molecule has 150 valence electrons. The number of aromatic nitrogens is 1. The molecule has 0 aliphatic carbocycles. The first-order chi connectivity index (χ1) is 14.2. The third-order valence-electron chi connectivity index (χ3n) is 4.82. The van der Waals surface area contributed by atoms with Crippen molar-refractivity contribution in [2.75, 3.05) is 31.5 Å². The summed E-state index contributed by atoms with van der Waals surface area (Å²) in [5.41, 5.74) is 1.96. The summed E-state index contributed by atoms with van der Waals surface area (Å²) in [6.07, 6.45) is 1.69. The molecule has 0 unspecified atom stereocenters. The molecule has 1 saturated heterocycles. The Morgan fingerprint density at radius 3 is 2.59 bits per heavy atom. The van der Waals surface area contributed by atoms with E-state index in [1.54, 1.807) is 17.5 Å². The van der Waals surface area contributed by atoms with Crippen molar-refractivity contribution in [2.45, 2.75) is 13.0 Å². The average molecular weight is 410 g/mol. The molecule has 2 aromatic heterocycles. The van der Waals surface area contributed by atoms with Gasteiger partial charge < -0.3 is 9.32 Å². The third-order valence-corrected chi connectivity index (χ3v) is 5.63. The molecule has 0 saturated carbocycles. The Labute approximate surface area is 173 Å². The Balaban J connectivity index is 1.25. The monoisotopic (exact) mass is 410 g/mol. The number of rotatable bonds is 6. The lowest BCUT2D eigenvalue weighted by molar-refractivity contribution is -0.132. The zero-order valence-corrected chi connectivity index (χ0v) is 16.7. The van der Waals surface area contributed by atoms with E-state index in [4.69, 9.17) is 4.42 Å².